The summed E-state index contributed by atoms with van der Waals surface area (Å²) in [5.74, 6) is 0.478. The Labute approximate surface area is 125 Å². The highest BCUT2D eigenvalue weighted by atomic mass is 79.9. The largest absolute Gasteiger partial charge is 0.327 e. The molecule has 6 heteroatoms. The lowest BCUT2D eigenvalue weighted by atomic mass is 10.1. The zero-order valence-electron chi connectivity index (χ0n) is 11.0. The first kappa shape index (κ1) is 13.5. The van der Waals surface area contributed by atoms with Gasteiger partial charge in [0.05, 0.1) is 11.4 Å². The van der Waals surface area contributed by atoms with Gasteiger partial charge in [0.2, 0.25) is 0 Å². The first-order valence-corrected chi connectivity index (χ1v) is 7.18. The van der Waals surface area contributed by atoms with Crippen LogP contribution >= 0.6 is 15.9 Å². The van der Waals surface area contributed by atoms with Gasteiger partial charge in [-0.25, -0.2) is 14.4 Å². The van der Waals surface area contributed by atoms with Gasteiger partial charge in [0.1, 0.15) is 18.0 Å². The monoisotopic (exact) mass is 336 g/mol. The molecule has 104 valence electrons. The Kier molecular flexibility index (Phi) is 3.67. The molecule has 0 saturated carbocycles. The molecule has 1 aromatic heterocycles. The lowest BCUT2D eigenvalue weighted by molar-refractivity contribution is 0.618. The summed E-state index contributed by atoms with van der Waals surface area (Å²) in [6, 6.07) is 4.88. The predicted molar refractivity (Wildman–Crippen MR) is 79.6 cm³/mol. The number of hydrogen-bond acceptors (Lipinski definition) is 4. The molecule has 0 fully saturated rings. The van der Waals surface area contributed by atoms with Crippen LogP contribution in [0.3, 0.4) is 0 Å². The van der Waals surface area contributed by atoms with Crippen LogP contribution in [0, 0.1) is 5.82 Å². The number of fused-ring (bicyclic) bond motifs is 1. The maximum Gasteiger partial charge on any atom is 0.146 e. The third kappa shape index (κ3) is 2.41. The Balaban J connectivity index is 2.06. The minimum atomic E-state index is -0.271. The van der Waals surface area contributed by atoms with Crippen molar-refractivity contribution in [3.63, 3.8) is 0 Å². The van der Waals surface area contributed by atoms with Gasteiger partial charge in [-0.05, 0) is 18.2 Å². The van der Waals surface area contributed by atoms with Crippen molar-refractivity contribution in [2.24, 2.45) is 0 Å². The molecule has 1 aromatic carbocycles. The average molecular weight is 337 g/mol. The first-order chi connectivity index (χ1) is 9.66. The van der Waals surface area contributed by atoms with Crippen LogP contribution in [-0.4, -0.2) is 23.6 Å². The maximum atomic E-state index is 14.0. The number of anilines is 2. The molecule has 20 heavy (non-hydrogen) atoms. The summed E-state index contributed by atoms with van der Waals surface area (Å²) in [4.78, 5) is 10.4. The first-order valence-electron chi connectivity index (χ1n) is 6.39. The Morgan fingerprint density at radius 2 is 2.20 bits per heavy atom. The number of aromatic nitrogens is 2. The molecule has 2 aromatic rings. The fourth-order valence-electron chi connectivity index (χ4n) is 2.40. The lowest BCUT2D eigenvalue weighted by Crippen LogP contribution is -2.27. The Morgan fingerprint density at radius 1 is 1.35 bits per heavy atom. The molecule has 1 aliphatic rings. The molecule has 2 heterocycles. The van der Waals surface area contributed by atoms with Crippen molar-refractivity contribution in [2.75, 3.05) is 18.5 Å². The molecule has 0 aliphatic carbocycles. The van der Waals surface area contributed by atoms with Gasteiger partial charge in [-0.3, -0.25) is 0 Å². The summed E-state index contributed by atoms with van der Waals surface area (Å²) < 4.78 is 14.9. The van der Waals surface area contributed by atoms with Gasteiger partial charge in [-0.2, -0.15) is 0 Å². The summed E-state index contributed by atoms with van der Waals surface area (Å²) in [5, 5.41) is 3.30. The number of nitrogens with zero attached hydrogens (tertiary/aromatic N) is 3. The number of nitrogens with one attached hydrogen (secondary N) is 1. The van der Waals surface area contributed by atoms with Gasteiger partial charge in [-0.15, -0.1) is 0 Å². The summed E-state index contributed by atoms with van der Waals surface area (Å²) in [7, 11) is 1.82. The van der Waals surface area contributed by atoms with Crippen molar-refractivity contribution in [1.82, 2.24) is 15.3 Å². The Bertz CT molecular complexity index is 647. The molecular formula is C14H14BrFN4. The fourth-order valence-corrected chi connectivity index (χ4v) is 2.75. The number of halogens is 2. The minimum Gasteiger partial charge on any atom is -0.327 e. The average Bonchev–Trinajstić information content (AvgIpc) is 2.48. The van der Waals surface area contributed by atoms with Gasteiger partial charge in [0.25, 0.3) is 0 Å². The highest BCUT2D eigenvalue weighted by Crippen LogP contribution is 2.31. The third-order valence-corrected chi connectivity index (χ3v) is 3.93. The fraction of sp³-hybridized carbons (Fsp3) is 0.286. The quantitative estimate of drug-likeness (QED) is 0.915. The second-order valence-corrected chi connectivity index (χ2v) is 5.62. The molecule has 0 atom stereocenters. The maximum absolute atomic E-state index is 14.0. The van der Waals surface area contributed by atoms with Crippen LogP contribution in [0.1, 0.15) is 11.3 Å². The van der Waals surface area contributed by atoms with Gasteiger partial charge in [0.15, 0.2) is 0 Å². The van der Waals surface area contributed by atoms with Crippen LogP contribution in [0.2, 0.25) is 0 Å². The molecule has 0 bridgehead atoms. The molecule has 0 radical (unpaired) electrons. The summed E-state index contributed by atoms with van der Waals surface area (Å²) >= 11 is 3.37. The van der Waals surface area contributed by atoms with Crippen molar-refractivity contribution in [3.8, 4) is 0 Å². The Hall–Kier alpha value is -1.53. The molecule has 3 rings (SSSR count). The van der Waals surface area contributed by atoms with E-state index in [0.29, 0.717) is 12.2 Å². The number of hydrogen-bond donors (Lipinski definition) is 1. The van der Waals surface area contributed by atoms with Crippen molar-refractivity contribution >= 4 is 27.4 Å². The molecule has 4 nitrogen and oxygen atoms in total. The molecule has 0 spiro atoms. The van der Waals surface area contributed by atoms with Crippen molar-refractivity contribution < 1.29 is 4.39 Å². The van der Waals surface area contributed by atoms with Crippen molar-refractivity contribution in [1.29, 1.82) is 0 Å². The van der Waals surface area contributed by atoms with Crippen molar-refractivity contribution in [2.45, 2.75) is 13.0 Å². The predicted octanol–water partition coefficient (Wildman–Crippen LogP) is 2.79. The smallest absolute Gasteiger partial charge is 0.146 e. The van der Waals surface area contributed by atoms with Crippen LogP contribution in [-0.2, 0) is 13.0 Å². The van der Waals surface area contributed by atoms with Gasteiger partial charge in [0, 0.05) is 36.6 Å². The summed E-state index contributed by atoms with van der Waals surface area (Å²) in [6.45, 7) is 1.63. The molecule has 0 saturated heterocycles. The van der Waals surface area contributed by atoms with E-state index in [2.05, 4.69) is 31.2 Å². The second-order valence-electron chi connectivity index (χ2n) is 4.70. The second kappa shape index (κ2) is 5.46. The van der Waals surface area contributed by atoms with Crippen LogP contribution in [0.5, 0.6) is 0 Å². The zero-order chi connectivity index (χ0) is 14.1. The van der Waals surface area contributed by atoms with Crippen LogP contribution < -0.4 is 10.2 Å². The summed E-state index contributed by atoms with van der Waals surface area (Å²) in [5.41, 5.74) is 2.57. The van der Waals surface area contributed by atoms with Crippen LogP contribution in [0.25, 0.3) is 0 Å². The zero-order valence-corrected chi connectivity index (χ0v) is 12.6. The van der Waals surface area contributed by atoms with E-state index in [4.69, 9.17) is 0 Å². The minimum absolute atomic E-state index is 0.271. The Morgan fingerprint density at radius 3 is 3.05 bits per heavy atom. The molecule has 0 unspecified atom stereocenters. The van der Waals surface area contributed by atoms with E-state index in [9.17, 15) is 4.39 Å². The van der Waals surface area contributed by atoms with Gasteiger partial charge >= 0.3 is 0 Å². The SMILES string of the molecule is CN(c1cc(Br)ccc1F)c1ncnc2c1CNCC2. The number of benzene rings is 1. The van der Waals surface area contributed by atoms with Crippen LogP contribution in [0.15, 0.2) is 29.0 Å². The molecule has 1 N–H and O–H groups in total. The van der Waals surface area contributed by atoms with E-state index in [1.54, 1.807) is 23.4 Å². The van der Waals surface area contributed by atoms with Crippen molar-refractivity contribution in [3.05, 3.63) is 46.1 Å². The van der Waals surface area contributed by atoms with Gasteiger partial charge < -0.3 is 10.2 Å². The highest BCUT2D eigenvalue weighted by Gasteiger charge is 2.20. The number of rotatable bonds is 2. The van der Waals surface area contributed by atoms with E-state index >= 15 is 0 Å². The topological polar surface area (TPSA) is 41.1 Å². The highest BCUT2D eigenvalue weighted by molar-refractivity contribution is 9.10. The normalized spacial score (nSPS) is 13.9. The molecule has 0 amide bonds. The third-order valence-electron chi connectivity index (χ3n) is 3.44. The van der Waals surface area contributed by atoms with E-state index in [1.165, 1.54) is 6.07 Å². The molecular weight excluding hydrogens is 323 g/mol. The summed E-state index contributed by atoms with van der Waals surface area (Å²) in [6.07, 6.45) is 2.42. The van der Waals surface area contributed by atoms with E-state index in [1.807, 2.05) is 7.05 Å². The standard InChI is InChI=1S/C14H14BrFN4/c1-20(13-6-9(15)2-3-11(13)16)14-10-7-17-5-4-12(10)18-8-19-14/h2-3,6,8,17H,4-5,7H2,1H3. The lowest BCUT2D eigenvalue weighted by Gasteiger charge is -2.25. The van der Waals surface area contributed by atoms with E-state index in [0.717, 1.165) is 34.5 Å². The molecule has 1 aliphatic heterocycles. The van der Waals surface area contributed by atoms with Crippen LogP contribution in [0.4, 0.5) is 15.9 Å². The van der Waals surface area contributed by atoms with E-state index < -0.39 is 0 Å². The van der Waals surface area contributed by atoms with E-state index in [-0.39, 0.29) is 5.82 Å². The van der Waals surface area contributed by atoms with Gasteiger partial charge in [-0.1, -0.05) is 15.9 Å².